The highest BCUT2D eigenvalue weighted by atomic mass is 16.5. The highest BCUT2D eigenvalue weighted by Gasteiger charge is 2.20. The number of imidazole rings is 1. The van der Waals surface area contributed by atoms with Gasteiger partial charge in [0, 0.05) is 30.1 Å². The third-order valence-corrected chi connectivity index (χ3v) is 4.27. The van der Waals surface area contributed by atoms with Gasteiger partial charge in [-0.25, -0.2) is 9.78 Å². The Bertz CT molecular complexity index is 947. The van der Waals surface area contributed by atoms with Crippen LogP contribution in [0.5, 0.6) is 11.5 Å². The van der Waals surface area contributed by atoms with Gasteiger partial charge in [0.05, 0.1) is 0 Å². The fourth-order valence-corrected chi connectivity index (χ4v) is 3.13. The number of benzene rings is 2. The van der Waals surface area contributed by atoms with E-state index < -0.39 is 5.97 Å². The predicted molar refractivity (Wildman–Crippen MR) is 95.9 cm³/mol. The second-order valence-electron chi connectivity index (χ2n) is 6.25. The molecule has 0 fully saturated rings. The zero-order chi connectivity index (χ0) is 18.1. The second-order valence-corrected chi connectivity index (χ2v) is 6.25. The van der Waals surface area contributed by atoms with Gasteiger partial charge in [-0.2, -0.15) is 0 Å². The van der Waals surface area contributed by atoms with Gasteiger partial charge in [-0.1, -0.05) is 0 Å². The maximum Gasteiger partial charge on any atom is 0.341 e. The standard InChI is InChI=1S/C20H18N2O4/c1-13-10-15-11-16(4-7-18(15)26-13)22-9-8-21-20(22)14-2-5-17(6-3-14)25-12-19(23)24/h2-9,11,13H,10,12H2,1H3,(H,23,24). The number of hydrogen-bond acceptors (Lipinski definition) is 4. The first-order chi connectivity index (χ1) is 12.6. The lowest BCUT2D eigenvalue weighted by Crippen LogP contribution is -2.09. The zero-order valence-electron chi connectivity index (χ0n) is 14.3. The average molecular weight is 350 g/mol. The van der Waals surface area contributed by atoms with Crippen LogP contribution in [0.1, 0.15) is 12.5 Å². The molecule has 0 saturated carbocycles. The summed E-state index contributed by atoms with van der Waals surface area (Å²) in [6, 6.07) is 13.4. The van der Waals surface area contributed by atoms with Crippen LogP contribution in [0.4, 0.5) is 0 Å². The molecule has 1 N–H and O–H groups in total. The molecule has 1 atom stereocenters. The van der Waals surface area contributed by atoms with Gasteiger partial charge in [-0.3, -0.25) is 4.57 Å². The van der Waals surface area contributed by atoms with Crippen LogP contribution in [-0.2, 0) is 11.2 Å². The molecule has 6 heteroatoms. The summed E-state index contributed by atoms with van der Waals surface area (Å²) < 4.78 is 13.0. The summed E-state index contributed by atoms with van der Waals surface area (Å²) in [5.41, 5.74) is 3.15. The number of carboxylic acid groups (broad SMARTS) is 1. The maximum absolute atomic E-state index is 10.6. The molecule has 0 bridgehead atoms. The van der Waals surface area contributed by atoms with Crippen LogP contribution in [0.2, 0.25) is 0 Å². The van der Waals surface area contributed by atoms with Crippen LogP contribution in [0.15, 0.2) is 54.9 Å². The minimum atomic E-state index is -1.00. The van der Waals surface area contributed by atoms with Crippen molar-refractivity contribution >= 4 is 5.97 Å². The van der Waals surface area contributed by atoms with Crippen molar-refractivity contribution in [1.29, 1.82) is 0 Å². The Morgan fingerprint density at radius 3 is 2.88 bits per heavy atom. The second kappa shape index (κ2) is 6.55. The molecule has 3 aromatic rings. The highest BCUT2D eigenvalue weighted by molar-refractivity contribution is 5.68. The first kappa shape index (κ1) is 16.2. The van der Waals surface area contributed by atoms with E-state index in [4.69, 9.17) is 14.6 Å². The molecule has 0 radical (unpaired) electrons. The van der Waals surface area contributed by atoms with Gasteiger partial charge >= 0.3 is 5.97 Å². The number of nitrogens with zero attached hydrogens (tertiary/aromatic N) is 2. The van der Waals surface area contributed by atoms with Gasteiger partial charge < -0.3 is 14.6 Å². The van der Waals surface area contributed by atoms with Crippen molar-refractivity contribution in [2.75, 3.05) is 6.61 Å². The van der Waals surface area contributed by atoms with Crippen LogP contribution in [-0.4, -0.2) is 33.3 Å². The number of carboxylic acids is 1. The van der Waals surface area contributed by atoms with E-state index in [0.29, 0.717) is 5.75 Å². The Kier molecular flexibility index (Phi) is 4.08. The Hall–Kier alpha value is -3.28. The number of hydrogen-bond donors (Lipinski definition) is 1. The van der Waals surface area contributed by atoms with Gasteiger partial charge in [0.1, 0.15) is 23.4 Å². The van der Waals surface area contributed by atoms with Crippen LogP contribution in [0.25, 0.3) is 17.1 Å². The first-order valence-electron chi connectivity index (χ1n) is 8.38. The van der Waals surface area contributed by atoms with E-state index in [9.17, 15) is 4.79 Å². The molecule has 6 nitrogen and oxygen atoms in total. The van der Waals surface area contributed by atoms with Crippen molar-refractivity contribution in [1.82, 2.24) is 9.55 Å². The molecule has 2 aromatic carbocycles. The lowest BCUT2D eigenvalue weighted by atomic mass is 10.1. The Balaban J connectivity index is 1.61. The van der Waals surface area contributed by atoms with Gasteiger partial charge in [0.15, 0.2) is 6.61 Å². The number of aromatic nitrogens is 2. The van der Waals surface area contributed by atoms with Gasteiger partial charge in [0.25, 0.3) is 0 Å². The molecule has 132 valence electrons. The number of aliphatic carboxylic acids is 1. The quantitative estimate of drug-likeness (QED) is 0.764. The zero-order valence-corrected chi connectivity index (χ0v) is 14.3. The molecule has 1 aromatic heterocycles. The third kappa shape index (κ3) is 3.13. The minimum absolute atomic E-state index is 0.209. The van der Waals surface area contributed by atoms with E-state index in [2.05, 4.69) is 18.0 Å². The monoisotopic (exact) mass is 350 g/mol. The van der Waals surface area contributed by atoms with Crippen LogP contribution >= 0.6 is 0 Å². The van der Waals surface area contributed by atoms with E-state index in [1.807, 2.05) is 35.0 Å². The largest absolute Gasteiger partial charge is 0.490 e. The molecule has 0 saturated heterocycles. The minimum Gasteiger partial charge on any atom is -0.490 e. The van der Waals surface area contributed by atoms with Crippen molar-refractivity contribution < 1.29 is 19.4 Å². The number of carbonyl (C=O) groups is 1. The first-order valence-corrected chi connectivity index (χ1v) is 8.38. The molecule has 0 amide bonds. The van der Waals surface area contributed by atoms with Crippen LogP contribution in [0.3, 0.4) is 0 Å². The summed E-state index contributed by atoms with van der Waals surface area (Å²) in [5.74, 6) is 1.27. The average Bonchev–Trinajstić information content (AvgIpc) is 3.25. The highest BCUT2D eigenvalue weighted by Crippen LogP contribution is 2.32. The fourth-order valence-electron chi connectivity index (χ4n) is 3.13. The topological polar surface area (TPSA) is 73.6 Å². The van der Waals surface area contributed by atoms with E-state index in [-0.39, 0.29) is 12.7 Å². The predicted octanol–water partition coefficient (Wildman–Crippen LogP) is 3.33. The summed E-state index contributed by atoms with van der Waals surface area (Å²) >= 11 is 0. The maximum atomic E-state index is 10.6. The lowest BCUT2D eigenvalue weighted by Gasteiger charge is -2.10. The third-order valence-electron chi connectivity index (χ3n) is 4.27. The number of rotatable bonds is 5. The molecule has 1 unspecified atom stereocenters. The van der Waals surface area contributed by atoms with E-state index in [1.165, 1.54) is 5.56 Å². The fraction of sp³-hybridized carbons (Fsp3) is 0.200. The van der Waals surface area contributed by atoms with Gasteiger partial charge in [0.2, 0.25) is 0 Å². The van der Waals surface area contributed by atoms with E-state index in [0.717, 1.165) is 29.2 Å². The molecular weight excluding hydrogens is 332 g/mol. The lowest BCUT2D eigenvalue weighted by molar-refractivity contribution is -0.139. The summed E-state index contributed by atoms with van der Waals surface area (Å²) in [5, 5.41) is 8.68. The smallest absolute Gasteiger partial charge is 0.341 e. The Morgan fingerprint density at radius 2 is 2.12 bits per heavy atom. The van der Waals surface area contributed by atoms with Gasteiger partial charge in [-0.15, -0.1) is 0 Å². The molecular formula is C20H18N2O4. The van der Waals surface area contributed by atoms with Crippen molar-refractivity contribution in [2.45, 2.75) is 19.4 Å². The van der Waals surface area contributed by atoms with Gasteiger partial charge in [-0.05, 0) is 55.0 Å². The number of fused-ring (bicyclic) bond motifs is 1. The normalized spacial score (nSPS) is 15.3. The van der Waals surface area contributed by atoms with Crippen LogP contribution in [0, 0.1) is 0 Å². The number of ether oxygens (including phenoxy) is 2. The molecule has 1 aliphatic rings. The van der Waals surface area contributed by atoms with E-state index >= 15 is 0 Å². The molecule has 26 heavy (non-hydrogen) atoms. The van der Waals surface area contributed by atoms with Crippen molar-refractivity contribution in [3.05, 3.63) is 60.4 Å². The SMILES string of the molecule is CC1Cc2cc(-n3ccnc3-c3ccc(OCC(=O)O)cc3)ccc2O1. The Labute approximate surface area is 150 Å². The molecule has 0 spiro atoms. The molecule has 2 heterocycles. The molecule has 0 aliphatic carbocycles. The van der Waals surface area contributed by atoms with Crippen molar-refractivity contribution in [3.63, 3.8) is 0 Å². The summed E-state index contributed by atoms with van der Waals surface area (Å²) in [6.07, 6.45) is 4.80. The Morgan fingerprint density at radius 1 is 1.31 bits per heavy atom. The molecule has 1 aliphatic heterocycles. The van der Waals surface area contributed by atoms with Crippen LogP contribution < -0.4 is 9.47 Å². The van der Waals surface area contributed by atoms with E-state index in [1.54, 1.807) is 18.3 Å². The summed E-state index contributed by atoms with van der Waals surface area (Å²) in [4.78, 5) is 15.1. The molecule has 4 rings (SSSR count). The summed E-state index contributed by atoms with van der Waals surface area (Å²) in [7, 11) is 0. The van der Waals surface area contributed by atoms with Crippen molar-refractivity contribution in [2.24, 2.45) is 0 Å². The summed E-state index contributed by atoms with van der Waals surface area (Å²) in [6.45, 7) is 1.71. The van der Waals surface area contributed by atoms with Crippen molar-refractivity contribution in [3.8, 4) is 28.6 Å².